The summed E-state index contributed by atoms with van der Waals surface area (Å²) < 4.78 is 58.7. The molecule has 2 heterocycles. The highest BCUT2D eigenvalue weighted by Gasteiger charge is 2.23. The maximum atomic E-state index is 13.5. The third kappa shape index (κ3) is 5.63. The van der Waals surface area contributed by atoms with Gasteiger partial charge in [0.05, 0.1) is 29.8 Å². The van der Waals surface area contributed by atoms with Crippen LogP contribution in [0.1, 0.15) is 36.4 Å². The summed E-state index contributed by atoms with van der Waals surface area (Å²) in [7, 11) is -2.23. The van der Waals surface area contributed by atoms with E-state index in [9.17, 15) is 22.0 Å². The Kier molecular flexibility index (Phi) is 6.82. The van der Waals surface area contributed by atoms with Crippen LogP contribution in [-0.4, -0.2) is 40.6 Å². The quantitative estimate of drug-likeness (QED) is 0.508. The second kappa shape index (κ2) is 9.39. The molecule has 3 aromatic rings. The smallest absolute Gasteiger partial charge is 0.312 e. The van der Waals surface area contributed by atoms with Gasteiger partial charge in [-0.3, -0.25) is 14.2 Å². The molecule has 0 aliphatic rings. The van der Waals surface area contributed by atoms with E-state index in [2.05, 4.69) is 15.3 Å². The number of pyridine rings is 1. The number of hydrogen-bond acceptors (Lipinski definition) is 7. The number of sulfonamides is 1. The van der Waals surface area contributed by atoms with E-state index in [1.54, 1.807) is 14.0 Å². The summed E-state index contributed by atoms with van der Waals surface area (Å²) in [5.74, 6) is -0.558. The highest BCUT2D eigenvalue weighted by Crippen LogP contribution is 2.30. The van der Waals surface area contributed by atoms with Gasteiger partial charge in [0.1, 0.15) is 17.5 Å². The van der Waals surface area contributed by atoms with Crippen molar-refractivity contribution in [2.75, 3.05) is 11.0 Å². The van der Waals surface area contributed by atoms with Gasteiger partial charge in [-0.1, -0.05) is 35.5 Å². The molecule has 0 radical (unpaired) electrons. The number of hydrogen-bond donors (Lipinski definition) is 1. The van der Waals surface area contributed by atoms with Crippen LogP contribution in [0.25, 0.3) is 11.4 Å². The molecule has 12 heteroatoms. The van der Waals surface area contributed by atoms with Gasteiger partial charge in [-0.05, 0) is 24.6 Å². The first-order valence-corrected chi connectivity index (χ1v) is 11.3. The van der Waals surface area contributed by atoms with Gasteiger partial charge in [-0.15, -0.1) is 5.10 Å². The Hall–Kier alpha value is -3.41. The summed E-state index contributed by atoms with van der Waals surface area (Å²) in [5.41, 5.74) is 0.168. The summed E-state index contributed by atoms with van der Waals surface area (Å²) >= 11 is 0. The maximum absolute atomic E-state index is 13.5. The van der Waals surface area contributed by atoms with Crippen LogP contribution in [0, 0.1) is 0 Å². The zero-order chi connectivity index (χ0) is 23.5. The number of aromatic nitrogens is 4. The monoisotopic (exact) mass is 465 g/mol. The molecule has 0 aliphatic carbocycles. The first-order chi connectivity index (χ1) is 15.0. The number of anilines is 1. The lowest BCUT2D eigenvalue weighted by molar-refractivity contribution is -0.147. The van der Waals surface area contributed by atoms with E-state index in [0.717, 1.165) is 11.8 Å². The Balaban J connectivity index is 1.86. The van der Waals surface area contributed by atoms with Crippen LogP contribution < -0.4 is 4.72 Å². The fourth-order valence-electron chi connectivity index (χ4n) is 3.00. The van der Waals surface area contributed by atoms with Crippen LogP contribution in [0.3, 0.4) is 0 Å². The van der Waals surface area contributed by atoms with Crippen molar-refractivity contribution >= 4 is 21.7 Å². The van der Waals surface area contributed by atoms with E-state index >= 15 is 0 Å². The number of benzene rings is 1. The van der Waals surface area contributed by atoms with Crippen molar-refractivity contribution in [3.63, 3.8) is 0 Å². The SMILES string of the molecule is C[C@@H](OC(=O)Cc1c(-c2ccc(NS(C)(=O)=O)c(C(F)F)n2)nnn1C)c1ccccc1. The average Bonchev–Trinajstić information content (AvgIpc) is 3.07. The van der Waals surface area contributed by atoms with Crippen LogP contribution in [0.2, 0.25) is 0 Å². The van der Waals surface area contributed by atoms with E-state index in [1.165, 1.54) is 16.8 Å². The molecular formula is C20H21F2N5O4S. The summed E-state index contributed by atoms with van der Waals surface area (Å²) in [6, 6.07) is 11.7. The van der Waals surface area contributed by atoms with E-state index in [0.29, 0.717) is 5.69 Å². The van der Waals surface area contributed by atoms with E-state index in [4.69, 9.17) is 4.74 Å². The number of nitrogens with one attached hydrogen (secondary N) is 1. The number of halogens is 2. The second-order valence-electron chi connectivity index (χ2n) is 7.03. The Labute approximate surface area is 183 Å². The van der Waals surface area contributed by atoms with Crippen LogP contribution >= 0.6 is 0 Å². The Morgan fingerprint density at radius 3 is 2.50 bits per heavy atom. The normalized spacial score (nSPS) is 12.6. The van der Waals surface area contributed by atoms with E-state index in [-0.39, 0.29) is 23.5 Å². The number of carbonyl (C=O) groups is 1. The lowest BCUT2D eigenvalue weighted by Crippen LogP contribution is -2.15. The molecule has 0 unspecified atom stereocenters. The molecule has 0 amide bonds. The van der Waals surface area contributed by atoms with Crippen molar-refractivity contribution in [3.8, 4) is 11.4 Å². The minimum absolute atomic E-state index is 0.0198. The predicted molar refractivity (Wildman–Crippen MR) is 112 cm³/mol. The maximum Gasteiger partial charge on any atom is 0.312 e. The highest BCUT2D eigenvalue weighted by molar-refractivity contribution is 7.92. The second-order valence-corrected chi connectivity index (χ2v) is 8.78. The number of carbonyl (C=O) groups excluding carboxylic acids is 1. The zero-order valence-corrected chi connectivity index (χ0v) is 18.3. The standard InChI is InChI=1S/C20H21F2N5O4S/c1-12(13-7-5-4-6-8-13)31-17(28)11-16-18(24-26-27(16)2)14-9-10-15(25-32(3,29)30)19(23-14)20(21)22/h4-10,12,20,25H,11H2,1-3H3/t12-/m1/s1. The number of rotatable bonds is 8. The molecule has 0 spiro atoms. The van der Waals surface area contributed by atoms with Gasteiger partial charge in [-0.25, -0.2) is 22.2 Å². The van der Waals surface area contributed by atoms with Gasteiger partial charge >= 0.3 is 5.97 Å². The molecule has 3 rings (SSSR count). The Morgan fingerprint density at radius 1 is 1.19 bits per heavy atom. The van der Waals surface area contributed by atoms with Crippen molar-refractivity contribution in [3.05, 3.63) is 59.4 Å². The fourth-order valence-corrected chi connectivity index (χ4v) is 3.57. The molecular weight excluding hydrogens is 444 g/mol. The molecule has 32 heavy (non-hydrogen) atoms. The van der Waals surface area contributed by atoms with E-state index < -0.39 is 34.2 Å². The number of nitrogens with zero attached hydrogens (tertiary/aromatic N) is 4. The molecule has 0 saturated carbocycles. The summed E-state index contributed by atoms with van der Waals surface area (Å²) in [4.78, 5) is 16.4. The number of ether oxygens (including phenoxy) is 1. The molecule has 0 saturated heterocycles. The minimum Gasteiger partial charge on any atom is -0.457 e. The van der Waals surface area contributed by atoms with Crippen molar-refractivity contribution in [1.29, 1.82) is 0 Å². The molecule has 2 aromatic heterocycles. The van der Waals surface area contributed by atoms with Crippen molar-refractivity contribution in [2.24, 2.45) is 7.05 Å². The van der Waals surface area contributed by atoms with Crippen molar-refractivity contribution < 1.29 is 26.7 Å². The molecule has 9 nitrogen and oxygen atoms in total. The molecule has 0 aliphatic heterocycles. The highest BCUT2D eigenvalue weighted by atomic mass is 32.2. The third-order valence-electron chi connectivity index (χ3n) is 4.50. The predicted octanol–water partition coefficient (Wildman–Crippen LogP) is 3.03. The summed E-state index contributed by atoms with van der Waals surface area (Å²) in [5, 5.41) is 7.80. The molecule has 1 atom stereocenters. The van der Waals surface area contributed by atoms with Gasteiger partial charge in [-0.2, -0.15) is 0 Å². The molecule has 1 N–H and O–H groups in total. The Morgan fingerprint density at radius 2 is 1.88 bits per heavy atom. The van der Waals surface area contributed by atoms with Gasteiger partial charge in [0.2, 0.25) is 10.0 Å². The topological polar surface area (TPSA) is 116 Å². The minimum atomic E-state index is -3.78. The van der Waals surface area contributed by atoms with Gasteiger partial charge in [0.25, 0.3) is 6.43 Å². The van der Waals surface area contributed by atoms with Crippen molar-refractivity contribution in [2.45, 2.75) is 25.9 Å². The first kappa shape index (κ1) is 23.3. The molecule has 1 aromatic carbocycles. The molecule has 170 valence electrons. The fraction of sp³-hybridized carbons (Fsp3) is 0.300. The van der Waals surface area contributed by atoms with Gasteiger partial charge in [0, 0.05) is 7.05 Å². The van der Waals surface area contributed by atoms with Crippen LogP contribution in [0.15, 0.2) is 42.5 Å². The van der Waals surface area contributed by atoms with Crippen molar-refractivity contribution in [1.82, 2.24) is 20.0 Å². The largest absolute Gasteiger partial charge is 0.457 e. The third-order valence-corrected chi connectivity index (χ3v) is 5.09. The lowest BCUT2D eigenvalue weighted by atomic mass is 10.1. The molecule has 0 bridgehead atoms. The van der Waals surface area contributed by atoms with Gasteiger partial charge in [0.15, 0.2) is 0 Å². The summed E-state index contributed by atoms with van der Waals surface area (Å²) in [6.07, 6.45) is -2.90. The first-order valence-electron chi connectivity index (χ1n) is 9.45. The number of aryl methyl sites for hydroxylation is 1. The lowest BCUT2D eigenvalue weighted by Gasteiger charge is -2.14. The Bertz CT molecular complexity index is 1220. The molecule has 0 fully saturated rings. The number of alkyl halides is 2. The van der Waals surface area contributed by atoms with Crippen LogP contribution in [0.5, 0.6) is 0 Å². The number of esters is 1. The van der Waals surface area contributed by atoms with Gasteiger partial charge < -0.3 is 4.74 Å². The van der Waals surface area contributed by atoms with E-state index in [1.807, 2.05) is 35.1 Å². The van der Waals surface area contributed by atoms with Crippen LogP contribution in [-0.2, 0) is 33.0 Å². The average molecular weight is 465 g/mol. The zero-order valence-electron chi connectivity index (χ0n) is 17.5. The summed E-state index contributed by atoms with van der Waals surface area (Å²) in [6.45, 7) is 1.74. The van der Waals surface area contributed by atoms with Crippen LogP contribution in [0.4, 0.5) is 14.5 Å².